The monoisotopic (exact) mass is 304 g/mol. The topological polar surface area (TPSA) is 94.8 Å². The molecule has 108 valence electrons. The second kappa shape index (κ2) is 6.32. The van der Waals surface area contributed by atoms with Gasteiger partial charge in [-0.1, -0.05) is 11.8 Å². The molecule has 0 bridgehead atoms. The molecule has 0 fully saturated rings. The molecular formula is C15H12O5S. The minimum Gasteiger partial charge on any atom is -0.508 e. The first-order chi connectivity index (χ1) is 9.95. The number of phenols is 1. The number of rotatable bonds is 5. The van der Waals surface area contributed by atoms with Gasteiger partial charge in [-0.3, -0.25) is 4.79 Å². The van der Waals surface area contributed by atoms with E-state index in [2.05, 4.69) is 0 Å². The zero-order chi connectivity index (χ0) is 15.4. The molecule has 6 heteroatoms. The van der Waals surface area contributed by atoms with Gasteiger partial charge in [0, 0.05) is 9.79 Å². The van der Waals surface area contributed by atoms with Crippen LogP contribution >= 0.6 is 11.8 Å². The minimum absolute atomic E-state index is 0.0568. The first-order valence-electron chi connectivity index (χ1n) is 6.00. The van der Waals surface area contributed by atoms with E-state index in [1.807, 2.05) is 0 Å². The maximum Gasteiger partial charge on any atom is 0.335 e. The van der Waals surface area contributed by atoms with Crippen molar-refractivity contribution in [2.75, 3.05) is 0 Å². The van der Waals surface area contributed by atoms with E-state index in [0.717, 1.165) is 4.90 Å². The van der Waals surface area contributed by atoms with Gasteiger partial charge in [0.25, 0.3) is 0 Å². The number of phenolic OH excluding ortho intramolecular Hbond substituents is 1. The molecule has 0 spiro atoms. The van der Waals surface area contributed by atoms with Crippen LogP contribution in [0, 0.1) is 0 Å². The van der Waals surface area contributed by atoms with Crippen molar-refractivity contribution < 1.29 is 24.9 Å². The van der Waals surface area contributed by atoms with Gasteiger partial charge in [-0.25, -0.2) is 4.79 Å². The van der Waals surface area contributed by atoms with Crippen LogP contribution in [-0.2, 0) is 11.2 Å². The van der Waals surface area contributed by atoms with Gasteiger partial charge in [0.15, 0.2) is 0 Å². The van der Waals surface area contributed by atoms with Crippen molar-refractivity contribution in [3.05, 3.63) is 53.6 Å². The average molecular weight is 304 g/mol. The number of benzene rings is 2. The first-order valence-corrected chi connectivity index (χ1v) is 6.82. The Morgan fingerprint density at radius 3 is 2.24 bits per heavy atom. The maximum absolute atomic E-state index is 11.0. The van der Waals surface area contributed by atoms with E-state index < -0.39 is 11.9 Å². The Hall–Kier alpha value is -2.47. The molecule has 21 heavy (non-hydrogen) atoms. The number of carbonyl (C=O) groups is 2. The lowest BCUT2D eigenvalue weighted by molar-refractivity contribution is -0.136. The standard InChI is InChI=1S/C15H12O5S/c16-11-2-4-12(5-3-11)21-13-6-1-9(15(19)20)7-10(13)8-14(17)18/h1-7,16H,8H2,(H,17,18)(H,19,20). The molecule has 0 amide bonds. The van der Waals surface area contributed by atoms with Gasteiger partial charge in [-0.2, -0.15) is 0 Å². The highest BCUT2D eigenvalue weighted by atomic mass is 32.2. The molecule has 0 aliphatic carbocycles. The van der Waals surface area contributed by atoms with Crippen LogP contribution in [0.3, 0.4) is 0 Å². The van der Waals surface area contributed by atoms with Crippen LogP contribution in [0.1, 0.15) is 15.9 Å². The third-order valence-electron chi connectivity index (χ3n) is 2.71. The molecular weight excluding hydrogens is 292 g/mol. The lowest BCUT2D eigenvalue weighted by atomic mass is 10.1. The molecule has 3 N–H and O–H groups in total. The summed E-state index contributed by atoms with van der Waals surface area (Å²) in [5.41, 5.74) is 0.502. The van der Waals surface area contributed by atoms with E-state index in [1.165, 1.54) is 36.0 Å². The quantitative estimate of drug-likeness (QED) is 0.786. The van der Waals surface area contributed by atoms with Crippen molar-refractivity contribution in [1.82, 2.24) is 0 Å². The summed E-state index contributed by atoms with van der Waals surface area (Å²) < 4.78 is 0. The highest BCUT2D eigenvalue weighted by Crippen LogP contribution is 2.32. The number of hydrogen-bond acceptors (Lipinski definition) is 4. The fourth-order valence-electron chi connectivity index (χ4n) is 1.75. The molecule has 2 aromatic rings. The molecule has 0 unspecified atom stereocenters. The third-order valence-corrected chi connectivity index (χ3v) is 3.84. The Balaban J connectivity index is 2.34. The van der Waals surface area contributed by atoms with Gasteiger partial charge in [0.2, 0.25) is 0 Å². The highest BCUT2D eigenvalue weighted by Gasteiger charge is 2.12. The molecule has 0 aromatic heterocycles. The molecule has 5 nitrogen and oxygen atoms in total. The van der Waals surface area contributed by atoms with Crippen LogP contribution in [0.4, 0.5) is 0 Å². The van der Waals surface area contributed by atoms with E-state index >= 15 is 0 Å². The van der Waals surface area contributed by atoms with Crippen LogP contribution < -0.4 is 0 Å². The van der Waals surface area contributed by atoms with Gasteiger partial charge in [0.05, 0.1) is 12.0 Å². The lowest BCUT2D eigenvalue weighted by Crippen LogP contribution is -2.04. The van der Waals surface area contributed by atoms with Crippen LogP contribution in [0.25, 0.3) is 0 Å². The average Bonchev–Trinajstić information content (AvgIpc) is 2.42. The fraction of sp³-hybridized carbons (Fsp3) is 0.0667. The zero-order valence-corrected chi connectivity index (χ0v) is 11.6. The summed E-state index contributed by atoms with van der Waals surface area (Å²) >= 11 is 1.32. The number of aliphatic carboxylic acids is 1. The van der Waals surface area contributed by atoms with Gasteiger partial charge >= 0.3 is 11.9 Å². The van der Waals surface area contributed by atoms with Crippen LogP contribution in [-0.4, -0.2) is 27.3 Å². The SMILES string of the molecule is O=C(O)Cc1cc(C(=O)O)ccc1Sc1ccc(O)cc1. The summed E-state index contributed by atoms with van der Waals surface area (Å²) in [6.07, 6.45) is -0.248. The van der Waals surface area contributed by atoms with Gasteiger partial charge in [0.1, 0.15) is 5.75 Å². The van der Waals surface area contributed by atoms with Crippen molar-refractivity contribution in [3.63, 3.8) is 0 Å². The van der Waals surface area contributed by atoms with Gasteiger partial charge < -0.3 is 15.3 Å². The van der Waals surface area contributed by atoms with E-state index in [-0.39, 0.29) is 17.7 Å². The Labute approximate surface area is 124 Å². The van der Waals surface area contributed by atoms with E-state index in [4.69, 9.17) is 10.2 Å². The molecule has 0 aliphatic rings. The van der Waals surface area contributed by atoms with Crippen LogP contribution in [0.15, 0.2) is 52.3 Å². The van der Waals surface area contributed by atoms with Crippen molar-refractivity contribution in [3.8, 4) is 5.75 Å². The van der Waals surface area contributed by atoms with Gasteiger partial charge in [-0.15, -0.1) is 0 Å². The Morgan fingerprint density at radius 1 is 1.00 bits per heavy atom. The fourth-order valence-corrected chi connectivity index (χ4v) is 2.68. The largest absolute Gasteiger partial charge is 0.508 e. The second-order valence-electron chi connectivity index (χ2n) is 4.29. The summed E-state index contributed by atoms with van der Waals surface area (Å²) in [4.78, 5) is 23.4. The van der Waals surface area contributed by atoms with Crippen molar-refractivity contribution in [2.24, 2.45) is 0 Å². The Kier molecular flexibility index (Phi) is 4.49. The maximum atomic E-state index is 11.0. The normalized spacial score (nSPS) is 10.3. The highest BCUT2D eigenvalue weighted by molar-refractivity contribution is 7.99. The molecule has 0 atom stereocenters. The summed E-state index contributed by atoms with van der Waals surface area (Å²) in [6.45, 7) is 0. The number of aromatic carboxylic acids is 1. The molecule has 0 heterocycles. The minimum atomic E-state index is -1.09. The predicted octanol–water partition coefficient (Wildman–Crippen LogP) is 2.87. The summed E-state index contributed by atoms with van der Waals surface area (Å²) in [5, 5.41) is 27.1. The van der Waals surface area contributed by atoms with E-state index in [1.54, 1.807) is 18.2 Å². The molecule has 0 saturated carbocycles. The van der Waals surface area contributed by atoms with Crippen LogP contribution in [0.5, 0.6) is 5.75 Å². The molecule has 2 aromatic carbocycles. The van der Waals surface area contributed by atoms with E-state index in [0.29, 0.717) is 10.5 Å². The number of aromatic hydroxyl groups is 1. The number of hydrogen-bond donors (Lipinski definition) is 3. The van der Waals surface area contributed by atoms with Crippen molar-refractivity contribution in [1.29, 1.82) is 0 Å². The second-order valence-corrected chi connectivity index (χ2v) is 5.41. The lowest BCUT2D eigenvalue weighted by Gasteiger charge is -2.09. The predicted molar refractivity (Wildman–Crippen MR) is 77.0 cm³/mol. The molecule has 0 radical (unpaired) electrons. The summed E-state index contributed by atoms with van der Waals surface area (Å²) in [7, 11) is 0. The van der Waals surface area contributed by atoms with Gasteiger partial charge in [-0.05, 0) is 48.0 Å². The molecule has 2 rings (SSSR count). The number of carboxylic acid groups (broad SMARTS) is 2. The zero-order valence-electron chi connectivity index (χ0n) is 10.8. The third kappa shape index (κ3) is 4.00. The smallest absolute Gasteiger partial charge is 0.335 e. The number of carboxylic acids is 2. The summed E-state index contributed by atoms with van der Waals surface area (Å²) in [6, 6.07) is 10.9. The molecule has 0 saturated heterocycles. The Bertz CT molecular complexity index is 679. The molecule has 0 aliphatic heterocycles. The van der Waals surface area contributed by atoms with Crippen molar-refractivity contribution in [2.45, 2.75) is 16.2 Å². The van der Waals surface area contributed by atoms with Crippen LogP contribution in [0.2, 0.25) is 0 Å². The first kappa shape index (κ1) is 14.9. The van der Waals surface area contributed by atoms with Crippen molar-refractivity contribution >= 4 is 23.7 Å². The summed E-state index contributed by atoms with van der Waals surface area (Å²) in [5.74, 6) is -1.97. The Morgan fingerprint density at radius 2 is 1.67 bits per heavy atom. The van der Waals surface area contributed by atoms with E-state index in [9.17, 15) is 14.7 Å².